The largest absolute Gasteiger partial charge is 0.492 e. The van der Waals surface area contributed by atoms with Crippen LogP contribution in [0.5, 0.6) is 0 Å². The van der Waals surface area contributed by atoms with Gasteiger partial charge in [-0.2, -0.15) is 0 Å². The van der Waals surface area contributed by atoms with Gasteiger partial charge in [0.05, 0.1) is 7.11 Å². The van der Waals surface area contributed by atoms with Crippen molar-refractivity contribution >= 4 is 11.6 Å². The van der Waals surface area contributed by atoms with E-state index in [0.717, 1.165) is 12.8 Å². The third kappa shape index (κ3) is 4.78. The summed E-state index contributed by atoms with van der Waals surface area (Å²) in [7, 11) is 1.45. The molecule has 3 nitrogen and oxygen atoms in total. The van der Waals surface area contributed by atoms with E-state index in [1.165, 1.54) is 18.3 Å². The zero-order chi connectivity index (χ0) is 17.6. The second-order valence-electron chi connectivity index (χ2n) is 6.20. The van der Waals surface area contributed by atoms with Crippen LogP contribution in [0, 0.1) is 0 Å². The number of hydrogen-bond donors (Lipinski definition) is 0. The van der Waals surface area contributed by atoms with E-state index in [1.807, 2.05) is 6.92 Å². The van der Waals surface area contributed by atoms with Gasteiger partial charge in [0.2, 0.25) is 5.78 Å². The summed E-state index contributed by atoms with van der Waals surface area (Å²) in [6.45, 7) is 9.84. The molecule has 1 aliphatic rings. The van der Waals surface area contributed by atoms with E-state index < -0.39 is 0 Å². The summed E-state index contributed by atoms with van der Waals surface area (Å²) in [6.07, 6.45) is 7.27. The summed E-state index contributed by atoms with van der Waals surface area (Å²) in [5, 5.41) is 0. The second-order valence-corrected chi connectivity index (χ2v) is 6.20. The van der Waals surface area contributed by atoms with Crippen LogP contribution >= 0.6 is 0 Å². The Bertz CT molecular complexity index is 609. The second kappa shape index (κ2) is 8.66. The lowest BCUT2D eigenvalue weighted by Gasteiger charge is -2.20. The summed E-state index contributed by atoms with van der Waals surface area (Å²) in [5.41, 5.74) is 4.16. The van der Waals surface area contributed by atoms with Crippen molar-refractivity contribution in [3.8, 4) is 0 Å². The van der Waals surface area contributed by atoms with Gasteiger partial charge in [-0.1, -0.05) is 30.2 Å². The molecule has 0 heterocycles. The van der Waals surface area contributed by atoms with Crippen LogP contribution in [-0.2, 0) is 14.3 Å². The molecule has 0 aromatic carbocycles. The Labute approximate surface area is 139 Å². The average Bonchev–Trinajstić information content (AvgIpc) is 2.50. The lowest BCUT2D eigenvalue weighted by atomic mass is 9.85. The molecule has 0 bridgehead atoms. The van der Waals surface area contributed by atoms with Gasteiger partial charge in [-0.05, 0) is 53.4 Å². The number of ether oxygens (including phenoxy) is 1. The van der Waals surface area contributed by atoms with Crippen molar-refractivity contribution in [3.63, 3.8) is 0 Å². The number of carbonyl (C=O) groups is 2. The van der Waals surface area contributed by atoms with E-state index in [1.54, 1.807) is 6.92 Å². The molecule has 1 rings (SSSR count). The smallest absolute Gasteiger partial charge is 0.224 e. The Hall–Kier alpha value is -1.90. The van der Waals surface area contributed by atoms with Gasteiger partial charge in [-0.25, -0.2) is 0 Å². The molecule has 0 aromatic rings. The number of methoxy groups -OCH3 is 1. The first-order valence-corrected chi connectivity index (χ1v) is 8.18. The van der Waals surface area contributed by atoms with E-state index >= 15 is 0 Å². The molecular weight excluding hydrogens is 287 g/mol. The maximum atomic E-state index is 12.6. The van der Waals surface area contributed by atoms with Gasteiger partial charge in [0, 0.05) is 16.7 Å². The SMILES string of the molecule is CCC1=C(O[11CH3])C(=O)C(C)=C(C/C=C(\C)CCC=C(C)C)C1=O. The number of allylic oxidation sites excluding steroid dienone is 7. The summed E-state index contributed by atoms with van der Waals surface area (Å²) < 4.78 is 5.15. The standard InChI is InChI=1S/C20H28O3/c1-7-16-19(22)17(15(5)18(21)20(16)23-6)12-11-14(4)10-8-9-13(2)3/h9,11H,7-8,10,12H2,1-6H3/b14-11+/i6-1. The number of rotatable bonds is 7. The summed E-state index contributed by atoms with van der Waals surface area (Å²) >= 11 is 0. The van der Waals surface area contributed by atoms with Crippen molar-refractivity contribution in [2.24, 2.45) is 0 Å². The fraction of sp³-hybridized carbons (Fsp3) is 0.500. The minimum atomic E-state index is -0.158. The molecule has 126 valence electrons. The molecule has 0 fully saturated rings. The third-order valence-electron chi connectivity index (χ3n) is 4.13. The van der Waals surface area contributed by atoms with Gasteiger partial charge in [0.1, 0.15) is 0 Å². The number of Topliss-reactive ketones (excluding diaryl/α,β-unsaturated/α-hetero) is 2. The molecule has 0 radical (unpaired) electrons. The highest BCUT2D eigenvalue weighted by atomic mass is 16.4. The predicted octanol–water partition coefficient (Wildman–Crippen LogP) is 4.85. The first-order valence-electron chi connectivity index (χ1n) is 8.18. The molecule has 0 spiro atoms. The molecule has 23 heavy (non-hydrogen) atoms. The quantitative estimate of drug-likeness (QED) is 0.498. The van der Waals surface area contributed by atoms with Crippen LogP contribution in [0.15, 0.2) is 45.8 Å². The van der Waals surface area contributed by atoms with E-state index in [4.69, 9.17) is 4.74 Å². The van der Waals surface area contributed by atoms with Crippen molar-refractivity contribution in [2.75, 3.05) is 7.11 Å². The first-order chi connectivity index (χ1) is 10.8. The van der Waals surface area contributed by atoms with Gasteiger partial charge in [-0.15, -0.1) is 0 Å². The lowest BCUT2D eigenvalue weighted by Crippen LogP contribution is -2.23. The fourth-order valence-electron chi connectivity index (χ4n) is 2.65. The highest BCUT2D eigenvalue weighted by molar-refractivity contribution is 6.24. The van der Waals surface area contributed by atoms with Crippen LogP contribution in [-0.4, -0.2) is 18.7 Å². The minimum absolute atomic E-state index is 0.0465. The Morgan fingerprint density at radius 3 is 2.22 bits per heavy atom. The van der Waals surface area contributed by atoms with Gasteiger partial charge < -0.3 is 4.74 Å². The molecule has 0 atom stereocenters. The monoisotopic (exact) mass is 315 g/mol. The first kappa shape index (κ1) is 19.1. The molecule has 0 amide bonds. The number of hydrogen-bond acceptors (Lipinski definition) is 3. The summed E-state index contributed by atoms with van der Waals surface area (Å²) in [4.78, 5) is 25.0. The van der Waals surface area contributed by atoms with Crippen LogP contribution in [0.3, 0.4) is 0 Å². The Balaban J connectivity index is 2.92. The molecule has 0 saturated carbocycles. The van der Waals surface area contributed by atoms with Crippen molar-refractivity contribution < 1.29 is 14.3 Å². The van der Waals surface area contributed by atoms with Crippen LogP contribution in [0.2, 0.25) is 0 Å². The Morgan fingerprint density at radius 1 is 1.04 bits per heavy atom. The lowest BCUT2D eigenvalue weighted by molar-refractivity contribution is -0.119. The summed E-state index contributed by atoms with van der Waals surface area (Å²) in [6, 6.07) is 0. The zero-order valence-electron chi connectivity index (χ0n) is 15.2. The van der Waals surface area contributed by atoms with Gasteiger partial charge in [0.15, 0.2) is 11.5 Å². The molecular formula is C20H28O3. The fourth-order valence-corrected chi connectivity index (χ4v) is 2.65. The van der Waals surface area contributed by atoms with Crippen LogP contribution < -0.4 is 0 Å². The third-order valence-corrected chi connectivity index (χ3v) is 4.13. The number of carbonyl (C=O) groups excluding carboxylic acids is 2. The van der Waals surface area contributed by atoms with Crippen molar-refractivity contribution in [2.45, 2.75) is 60.3 Å². The summed E-state index contributed by atoms with van der Waals surface area (Å²) in [5.74, 6) is 0.00681. The molecule has 0 aliphatic heterocycles. The zero-order valence-corrected chi connectivity index (χ0v) is 15.2. The van der Waals surface area contributed by atoms with Gasteiger partial charge in [0.25, 0.3) is 0 Å². The Kier molecular flexibility index (Phi) is 7.21. The predicted molar refractivity (Wildman–Crippen MR) is 94.1 cm³/mol. The topological polar surface area (TPSA) is 43.4 Å². The maximum Gasteiger partial charge on any atom is 0.224 e. The normalized spacial score (nSPS) is 16.2. The molecule has 1 aliphatic carbocycles. The van der Waals surface area contributed by atoms with Crippen LogP contribution in [0.1, 0.15) is 60.3 Å². The minimum Gasteiger partial charge on any atom is -0.492 e. The average molecular weight is 315 g/mol. The van der Waals surface area contributed by atoms with Crippen molar-refractivity contribution in [3.05, 3.63) is 45.8 Å². The van der Waals surface area contributed by atoms with E-state index in [0.29, 0.717) is 29.6 Å². The van der Waals surface area contributed by atoms with Gasteiger partial charge >= 0.3 is 0 Å². The maximum absolute atomic E-state index is 12.6. The van der Waals surface area contributed by atoms with E-state index in [-0.39, 0.29) is 17.3 Å². The van der Waals surface area contributed by atoms with E-state index in [2.05, 4.69) is 32.9 Å². The number of ketones is 2. The molecule has 0 unspecified atom stereocenters. The highest BCUT2D eigenvalue weighted by Gasteiger charge is 2.31. The highest BCUT2D eigenvalue weighted by Crippen LogP contribution is 2.29. The van der Waals surface area contributed by atoms with Crippen LogP contribution in [0.25, 0.3) is 0 Å². The van der Waals surface area contributed by atoms with E-state index in [9.17, 15) is 9.59 Å². The Morgan fingerprint density at radius 2 is 1.70 bits per heavy atom. The van der Waals surface area contributed by atoms with Crippen LogP contribution in [0.4, 0.5) is 0 Å². The van der Waals surface area contributed by atoms with Gasteiger partial charge in [-0.3, -0.25) is 9.59 Å². The molecule has 0 saturated heterocycles. The van der Waals surface area contributed by atoms with Crippen molar-refractivity contribution in [1.29, 1.82) is 0 Å². The molecule has 0 N–H and O–H groups in total. The van der Waals surface area contributed by atoms with Crippen molar-refractivity contribution in [1.82, 2.24) is 0 Å². The molecule has 3 heteroatoms. The molecule has 0 aromatic heterocycles.